The van der Waals surface area contributed by atoms with E-state index >= 15 is 0 Å². The smallest absolute Gasteiger partial charge is 0.410 e. The molecule has 0 spiro atoms. The highest BCUT2D eigenvalue weighted by molar-refractivity contribution is 6.43. The fraction of sp³-hybridized carbons (Fsp3) is 0.650. The van der Waals surface area contributed by atoms with Crippen LogP contribution in [0.2, 0.25) is 10.0 Å². The van der Waals surface area contributed by atoms with Crippen LogP contribution in [0.15, 0.2) is 18.2 Å². The van der Waals surface area contributed by atoms with E-state index in [9.17, 15) is 4.79 Å². The van der Waals surface area contributed by atoms with Crippen LogP contribution >= 0.6 is 23.2 Å². The van der Waals surface area contributed by atoms with E-state index in [2.05, 4.69) is 9.80 Å². The van der Waals surface area contributed by atoms with Crippen LogP contribution < -0.4 is 4.90 Å². The molecule has 0 aromatic heterocycles. The highest BCUT2D eigenvalue weighted by Crippen LogP contribution is 2.33. The number of hydrogen-bond acceptors (Lipinski definition) is 4. The average Bonchev–Trinajstić information content (AvgIpc) is 2.55. The maximum atomic E-state index is 12.0. The molecule has 2 aliphatic rings. The normalized spacial score (nSPS) is 19.1. The lowest BCUT2D eigenvalue weighted by Gasteiger charge is -2.41. The third kappa shape index (κ3) is 5.43. The summed E-state index contributed by atoms with van der Waals surface area (Å²) in [6, 6.07) is 5.80. The van der Waals surface area contributed by atoms with Crippen molar-refractivity contribution in [3.63, 3.8) is 0 Å². The first-order valence-corrected chi connectivity index (χ1v) is 10.4. The van der Waals surface area contributed by atoms with Gasteiger partial charge in [-0.05, 0) is 51.8 Å². The van der Waals surface area contributed by atoms with Crippen molar-refractivity contribution in [1.29, 1.82) is 0 Å². The van der Waals surface area contributed by atoms with Gasteiger partial charge in [-0.3, -0.25) is 4.90 Å². The Labute approximate surface area is 172 Å². The van der Waals surface area contributed by atoms with Gasteiger partial charge in [0.15, 0.2) is 0 Å². The van der Waals surface area contributed by atoms with Gasteiger partial charge in [0.05, 0.1) is 15.7 Å². The quantitative estimate of drug-likeness (QED) is 0.733. The van der Waals surface area contributed by atoms with E-state index in [1.54, 1.807) is 4.90 Å². The van der Waals surface area contributed by atoms with Gasteiger partial charge in [0.1, 0.15) is 5.60 Å². The highest BCUT2D eigenvalue weighted by atomic mass is 35.5. The van der Waals surface area contributed by atoms with Crippen LogP contribution in [0.4, 0.5) is 10.5 Å². The number of piperazine rings is 1. The van der Waals surface area contributed by atoms with Crippen LogP contribution in [-0.2, 0) is 4.74 Å². The summed E-state index contributed by atoms with van der Waals surface area (Å²) in [6.45, 7) is 12.3. The molecule has 2 heterocycles. The van der Waals surface area contributed by atoms with Gasteiger partial charge in [-0.2, -0.15) is 0 Å². The van der Waals surface area contributed by atoms with Crippen molar-refractivity contribution < 1.29 is 9.53 Å². The Balaban J connectivity index is 1.36. The summed E-state index contributed by atoms with van der Waals surface area (Å²) in [7, 11) is 0. The molecule has 0 saturated carbocycles. The van der Waals surface area contributed by atoms with Crippen LogP contribution in [-0.4, -0.2) is 67.3 Å². The number of anilines is 1. The van der Waals surface area contributed by atoms with Crippen LogP contribution in [0.5, 0.6) is 0 Å². The van der Waals surface area contributed by atoms with Crippen molar-refractivity contribution in [2.45, 2.75) is 32.8 Å². The summed E-state index contributed by atoms with van der Waals surface area (Å²) in [5, 5.41) is 1.25. The van der Waals surface area contributed by atoms with Crippen molar-refractivity contribution in [3.05, 3.63) is 28.2 Å². The number of rotatable bonds is 4. The predicted octanol–water partition coefficient (Wildman–Crippen LogP) is 4.37. The van der Waals surface area contributed by atoms with E-state index in [1.165, 1.54) is 0 Å². The number of hydrogen-bond donors (Lipinski definition) is 0. The van der Waals surface area contributed by atoms with E-state index in [0.717, 1.165) is 57.9 Å². The zero-order valence-corrected chi connectivity index (χ0v) is 17.9. The number of ether oxygens (including phenoxy) is 1. The fourth-order valence-electron chi connectivity index (χ4n) is 3.54. The second kappa shape index (κ2) is 8.46. The number of likely N-dealkylation sites (tertiary alicyclic amines) is 1. The van der Waals surface area contributed by atoms with Gasteiger partial charge >= 0.3 is 6.09 Å². The minimum absolute atomic E-state index is 0.189. The molecule has 0 bridgehead atoms. The number of amides is 1. The zero-order valence-electron chi connectivity index (χ0n) is 16.4. The molecule has 0 unspecified atom stereocenters. The van der Waals surface area contributed by atoms with Gasteiger partial charge in [-0.15, -0.1) is 0 Å². The maximum absolute atomic E-state index is 12.0. The van der Waals surface area contributed by atoms with Gasteiger partial charge in [0.2, 0.25) is 0 Å². The number of carbonyl (C=O) groups excluding carboxylic acids is 1. The predicted molar refractivity (Wildman–Crippen MR) is 111 cm³/mol. The van der Waals surface area contributed by atoms with Crippen molar-refractivity contribution in [2.24, 2.45) is 5.92 Å². The third-order valence-corrected chi connectivity index (χ3v) is 5.92. The SMILES string of the molecule is CC(C)(C)OC(=O)N1CC(CCN2CCN(c3cccc(Cl)c3Cl)CC2)C1. The van der Waals surface area contributed by atoms with Crippen LogP contribution in [0.3, 0.4) is 0 Å². The van der Waals surface area contributed by atoms with Crippen LogP contribution in [0.25, 0.3) is 0 Å². The molecule has 2 fully saturated rings. The Hall–Kier alpha value is -1.17. The molecule has 2 aliphatic heterocycles. The summed E-state index contributed by atoms with van der Waals surface area (Å²) < 4.78 is 5.41. The van der Waals surface area contributed by atoms with Crippen molar-refractivity contribution in [1.82, 2.24) is 9.80 Å². The molecule has 3 rings (SSSR count). The summed E-state index contributed by atoms with van der Waals surface area (Å²) in [6.07, 6.45) is 0.933. The summed E-state index contributed by atoms with van der Waals surface area (Å²) in [5.74, 6) is 0.581. The number of nitrogens with zero attached hydrogens (tertiary/aromatic N) is 3. The molecular weight excluding hydrogens is 385 g/mol. The molecule has 0 aliphatic carbocycles. The lowest BCUT2D eigenvalue weighted by atomic mass is 9.96. The molecule has 0 N–H and O–H groups in total. The summed E-state index contributed by atoms with van der Waals surface area (Å²) in [5.41, 5.74) is 0.601. The molecule has 2 saturated heterocycles. The van der Waals surface area contributed by atoms with Crippen molar-refractivity contribution >= 4 is 35.0 Å². The number of benzene rings is 1. The first-order chi connectivity index (χ1) is 12.7. The largest absolute Gasteiger partial charge is 0.444 e. The van der Waals surface area contributed by atoms with Gasteiger partial charge in [0.25, 0.3) is 0 Å². The number of carbonyl (C=O) groups is 1. The van der Waals surface area contributed by atoms with E-state index < -0.39 is 5.60 Å². The molecule has 1 amide bonds. The standard InChI is InChI=1S/C20H29Cl2N3O2/c1-20(2,3)27-19(26)25-13-15(14-25)7-8-23-9-11-24(12-10-23)17-6-4-5-16(21)18(17)22/h4-6,15H,7-14H2,1-3H3. The lowest BCUT2D eigenvalue weighted by Crippen LogP contribution is -2.53. The third-order valence-electron chi connectivity index (χ3n) is 5.11. The summed E-state index contributed by atoms with van der Waals surface area (Å²) >= 11 is 12.5. The van der Waals surface area contributed by atoms with Crippen molar-refractivity contribution in [3.8, 4) is 0 Å². The first-order valence-electron chi connectivity index (χ1n) is 9.62. The topological polar surface area (TPSA) is 36.0 Å². The number of halogens is 2. The first kappa shape index (κ1) is 20.6. The molecule has 0 radical (unpaired) electrons. The van der Waals surface area contributed by atoms with Crippen LogP contribution in [0, 0.1) is 5.92 Å². The molecule has 27 heavy (non-hydrogen) atoms. The van der Waals surface area contributed by atoms with Crippen molar-refractivity contribution in [2.75, 3.05) is 50.7 Å². The zero-order chi connectivity index (χ0) is 19.6. The van der Waals surface area contributed by atoms with E-state index in [4.69, 9.17) is 27.9 Å². The van der Waals surface area contributed by atoms with E-state index in [1.807, 2.05) is 39.0 Å². The van der Waals surface area contributed by atoms with Gasteiger partial charge in [0, 0.05) is 39.3 Å². The minimum Gasteiger partial charge on any atom is -0.444 e. The fourth-order valence-corrected chi connectivity index (χ4v) is 3.96. The van der Waals surface area contributed by atoms with Gasteiger partial charge in [-0.1, -0.05) is 29.3 Å². The molecular formula is C20H29Cl2N3O2. The monoisotopic (exact) mass is 413 g/mol. The highest BCUT2D eigenvalue weighted by Gasteiger charge is 2.33. The Bertz CT molecular complexity index is 664. The van der Waals surface area contributed by atoms with E-state index in [0.29, 0.717) is 16.0 Å². The molecule has 1 aromatic carbocycles. The Morgan fingerprint density at radius 3 is 2.44 bits per heavy atom. The average molecular weight is 414 g/mol. The van der Waals surface area contributed by atoms with Gasteiger partial charge in [-0.25, -0.2) is 4.79 Å². The van der Waals surface area contributed by atoms with E-state index in [-0.39, 0.29) is 6.09 Å². The molecule has 1 aromatic rings. The second-order valence-electron chi connectivity index (χ2n) is 8.44. The molecule has 5 nitrogen and oxygen atoms in total. The Morgan fingerprint density at radius 1 is 1.15 bits per heavy atom. The molecule has 150 valence electrons. The van der Waals surface area contributed by atoms with Gasteiger partial charge < -0.3 is 14.5 Å². The van der Waals surface area contributed by atoms with Crippen LogP contribution in [0.1, 0.15) is 27.2 Å². The second-order valence-corrected chi connectivity index (χ2v) is 9.23. The summed E-state index contributed by atoms with van der Waals surface area (Å²) in [4.78, 5) is 18.6. The Morgan fingerprint density at radius 2 is 1.81 bits per heavy atom. The molecule has 0 atom stereocenters. The maximum Gasteiger partial charge on any atom is 0.410 e. The Kier molecular flexibility index (Phi) is 6.44. The minimum atomic E-state index is -0.423. The molecule has 7 heteroatoms. The lowest BCUT2D eigenvalue weighted by molar-refractivity contribution is -0.00345.